The maximum Gasteiger partial charge on any atom is 0.251 e. The predicted molar refractivity (Wildman–Crippen MR) is 104 cm³/mol. The quantitative estimate of drug-likeness (QED) is 0.816. The summed E-state index contributed by atoms with van der Waals surface area (Å²) in [6.07, 6.45) is 1.25. The van der Waals surface area contributed by atoms with Crippen LogP contribution in [0.25, 0.3) is 0 Å². The number of methoxy groups -OCH3 is 2. The summed E-state index contributed by atoms with van der Waals surface area (Å²) in [4.78, 5) is 26.5. The van der Waals surface area contributed by atoms with Crippen LogP contribution in [-0.4, -0.2) is 32.6 Å². The molecule has 6 heteroatoms. The number of rotatable bonds is 7. The summed E-state index contributed by atoms with van der Waals surface area (Å²) in [6, 6.07) is 11.0. The van der Waals surface area contributed by atoms with Crippen LogP contribution in [0, 0.1) is 0 Å². The number of hydrogen-bond acceptors (Lipinski definition) is 4. The Labute approximate surface area is 159 Å². The molecule has 1 heterocycles. The number of carbonyl (C=O) groups is 2. The van der Waals surface area contributed by atoms with Crippen molar-refractivity contribution in [3.05, 3.63) is 53.1 Å². The molecule has 1 N–H and O–H groups in total. The molecule has 1 aliphatic rings. The standard InChI is InChI=1S/C21H24N2O4/c1-4-10-23-17-9-8-14(11-16(17)12-19(23)24)21(25)22-13-15-6-5-7-18(26-2)20(15)27-3/h5-9,11H,4,10,12-13H2,1-3H3,(H,22,25). The number of para-hydroxylation sites is 1. The van der Waals surface area contributed by atoms with Crippen molar-refractivity contribution in [2.75, 3.05) is 25.7 Å². The molecule has 2 aromatic carbocycles. The van der Waals surface area contributed by atoms with E-state index in [2.05, 4.69) is 5.32 Å². The molecule has 1 aliphatic heterocycles. The Kier molecular flexibility index (Phi) is 5.64. The van der Waals surface area contributed by atoms with Gasteiger partial charge in [-0.2, -0.15) is 0 Å². The van der Waals surface area contributed by atoms with E-state index in [9.17, 15) is 9.59 Å². The lowest BCUT2D eigenvalue weighted by molar-refractivity contribution is -0.117. The third-order valence-corrected chi connectivity index (χ3v) is 4.65. The predicted octanol–water partition coefficient (Wildman–Crippen LogP) is 2.93. The van der Waals surface area contributed by atoms with Gasteiger partial charge in [-0.3, -0.25) is 9.59 Å². The van der Waals surface area contributed by atoms with Crippen LogP contribution in [0.15, 0.2) is 36.4 Å². The lowest BCUT2D eigenvalue weighted by Crippen LogP contribution is -2.27. The molecular weight excluding hydrogens is 344 g/mol. The van der Waals surface area contributed by atoms with Crippen molar-refractivity contribution in [3.8, 4) is 11.5 Å². The van der Waals surface area contributed by atoms with Gasteiger partial charge in [0, 0.05) is 29.9 Å². The van der Waals surface area contributed by atoms with Gasteiger partial charge >= 0.3 is 0 Å². The first kappa shape index (κ1) is 18.8. The van der Waals surface area contributed by atoms with Gasteiger partial charge in [-0.1, -0.05) is 19.1 Å². The van der Waals surface area contributed by atoms with Crippen LogP contribution in [0.5, 0.6) is 11.5 Å². The van der Waals surface area contributed by atoms with E-state index in [0.717, 1.165) is 23.2 Å². The first-order valence-electron chi connectivity index (χ1n) is 9.00. The van der Waals surface area contributed by atoms with E-state index in [4.69, 9.17) is 9.47 Å². The van der Waals surface area contributed by atoms with E-state index >= 15 is 0 Å². The smallest absolute Gasteiger partial charge is 0.251 e. The van der Waals surface area contributed by atoms with E-state index < -0.39 is 0 Å². The van der Waals surface area contributed by atoms with Gasteiger partial charge in [0.15, 0.2) is 11.5 Å². The molecule has 2 amide bonds. The second kappa shape index (κ2) is 8.12. The van der Waals surface area contributed by atoms with Gasteiger partial charge in [0.2, 0.25) is 5.91 Å². The van der Waals surface area contributed by atoms with Crippen molar-refractivity contribution in [2.45, 2.75) is 26.3 Å². The van der Waals surface area contributed by atoms with Crippen LogP contribution >= 0.6 is 0 Å². The van der Waals surface area contributed by atoms with Crippen LogP contribution in [0.3, 0.4) is 0 Å². The van der Waals surface area contributed by atoms with Crippen molar-refractivity contribution in [1.29, 1.82) is 0 Å². The molecule has 0 aliphatic carbocycles. The third kappa shape index (κ3) is 3.74. The van der Waals surface area contributed by atoms with Gasteiger partial charge in [-0.15, -0.1) is 0 Å². The number of benzene rings is 2. The number of fused-ring (bicyclic) bond motifs is 1. The van der Waals surface area contributed by atoms with Crippen molar-refractivity contribution in [2.24, 2.45) is 0 Å². The zero-order valence-electron chi connectivity index (χ0n) is 15.9. The summed E-state index contributed by atoms with van der Waals surface area (Å²) < 4.78 is 10.7. The minimum Gasteiger partial charge on any atom is -0.493 e. The number of nitrogens with zero attached hydrogens (tertiary/aromatic N) is 1. The zero-order chi connectivity index (χ0) is 19.4. The molecule has 6 nitrogen and oxygen atoms in total. The summed E-state index contributed by atoms with van der Waals surface area (Å²) in [6.45, 7) is 3.06. The fraction of sp³-hybridized carbons (Fsp3) is 0.333. The molecule has 0 bridgehead atoms. The maximum atomic E-state index is 12.6. The van der Waals surface area contributed by atoms with E-state index in [1.165, 1.54) is 0 Å². The molecule has 142 valence electrons. The molecule has 27 heavy (non-hydrogen) atoms. The lowest BCUT2D eigenvalue weighted by atomic mass is 10.1. The summed E-state index contributed by atoms with van der Waals surface area (Å²) in [5.74, 6) is 1.13. The van der Waals surface area contributed by atoms with Crippen molar-refractivity contribution >= 4 is 17.5 Å². The molecule has 3 rings (SSSR count). The number of ether oxygens (including phenoxy) is 2. The Morgan fingerprint density at radius 2 is 2.00 bits per heavy atom. The second-order valence-electron chi connectivity index (χ2n) is 6.40. The van der Waals surface area contributed by atoms with E-state index in [-0.39, 0.29) is 11.8 Å². The number of hydrogen-bond donors (Lipinski definition) is 1. The number of amides is 2. The molecule has 0 spiro atoms. The first-order chi connectivity index (χ1) is 13.1. The lowest BCUT2D eigenvalue weighted by Gasteiger charge is -2.16. The highest BCUT2D eigenvalue weighted by Crippen LogP contribution is 2.31. The number of carbonyl (C=O) groups excluding carboxylic acids is 2. The van der Waals surface area contributed by atoms with Gasteiger partial charge in [0.1, 0.15) is 0 Å². The summed E-state index contributed by atoms with van der Waals surface area (Å²) in [5, 5.41) is 2.91. The monoisotopic (exact) mass is 368 g/mol. The molecule has 0 radical (unpaired) electrons. The number of nitrogens with one attached hydrogen (secondary N) is 1. The molecule has 0 unspecified atom stereocenters. The molecule has 2 aromatic rings. The average Bonchev–Trinajstić information content (AvgIpc) is 3.00. The van der Waals surface area contributed by atoms with Crippen molar-refractivity contribution in [1.82, 2.24) is 5.32 Å². The van der Waals surface area contributed by atoms with E-state index in [0.29, 0.717) is 36.6 Å². The van der Waals surface area contributed by atoms with Crippen LogP contribution in [0.4, 0.5) is 5.69 Å². The number of anilines is 1. The molecule has 0 fully saturated rings. The highest BCUT2D eigenvalue weighted by Gasteiger charge is 2.27. The molecule has 0 aromatic heterocycles. The Morgan fingerprint density at radius 3 is 2.70 bits per heavy atom. The minimum absolute atomic E-state index is 0.0884. The Morgan fingerprint density at radius 1 is 1.19 bits per heavy atom. The van der Waals surface area contributed by atoms with Gasteiger partial charge < -0.3 is 19.7 Å². The van der Waals surface area contributed by atoms with Gasteiger partial charge in [-0.25, -0.2) is 0 Å². The van der Waals surface area contributed by atoms with Crippen LogP contribution in [0.1, 0.15) is 34.8 Å². The second-order valence-corrected chi connectivity index (χ2v) is 6.40. The Hall–Kier alpha value is -3.02. The Balaban J connectivity index is 1.73. The molecular formula is C21H24N2O4. The van der Waals surface area contributed by atoms with Crippen LogP contribution < -0.4 is 19.7 Å². The summed E-state index contributed by atoms with van der Waals surface area (Å²) in [5.41, 5.74) is 3.19. The molecule has 0 saturated carbocycles. The van der Waals surface area contributed by atoms with Crippen LogP contribution in [-0.2, 0) is 17.8 Å². The molecule has 0 saturated heterocycles. The molecule has 0 atom stereocenters. The van der Waals surface area contributed by atoms with Crippen molar-refractivity contribution in [3.63, 3.8) is 0 Å². The third-order valence-electron chi connectivity index (χ3n) is 4.65. The normalized spacial score (nSPS) is 12.7. The summed E-state index contributed by atoms with van der Waals surface area (Å²) >= 11 is 0. The minimum atomic E-state index is -0.191. The van der Waals surface area contributed by atoms with E-state index in [1.807, 2.05) is 31.2 Å². The summed E-state index contributed by atoms with van der Waals surface area (Å²) in [7, 11) is 3.15. The van der Waals surface area contributed by atoms with Crippen LogP contribution in [0.2, 0.25) is 0 Å². The SMILES string of the molecule is CCCN1C(=O)Cc2cc(C(=O)NCc3cccc(OC)c3OC)ccc21. The van der Waals surface area contributed by atoms with Gasteiger partial charge in [-0.05, 0) is 36.2 Å². The highest BCUT2D eigenvalue weighted by atomic mass is 16.5. The topological polar surface area (TPSA) is 67.9 Å². The zero-order valence-corrected chi connectivity index (χ0v) is 15.9. The fourth-order valence-corrected chi connectivity index (χ4v) is 3.36. The van der Waals surface area contributed by atoms with E-state index in [1.54, 1.807) is 31.3 Å². The highest BCUT2D eigenvalue weighted by molar-refractivity contribution is 6.03. The largest absolute Gasteiger partial charge is 0.493 e. The van der Waals surface area contributed by atoms with Gasteiger partial charge in [0.25, 0.3) is 5.91 Å². The average molecular weight is 368 g/mol. The fourth-order valence-electron chi connectivity index (χ4n) is 3.36. The Bertz CT molecular complexity index is 863. The maximum absolute atomic E-state index is 12.6. The first-order valence-corrected chi connectivity index (χ1v) is 9.00. The van der Waals surface area contributed by atoms with Gasteiger partial charge in [0.05, 0.1) is 20.6 Å². The van der Waals surface area contributed by atoms with Crippen molar-refractivity contribution < 1.29 is 19.1 Å².